The SMILES string of the molecule is CC/C=C/C=C/C=C/C=C/CCCCCC(=O)OC(COC(=O)CCCCCC/C=C/C/C=C/C/C=C/C/C=C/C/C=C/CC)COP(=O)(O)OCCN. The van der Waals surface area contributed by atoms with E-state index < -0.39 is 32.5 Å². The highest BCUT2D eigenvalue weighted by Crippen LogP contribution is 2.43. The van der Waals surface area contributed by atoms with Crippen molar-refractivity contribution in [3.05, 3.63) is 109 Å². The van der Waals surface area contributed by atoms with E-state index in [0.29, 0.717) is 12.8 Å². The Labute approximate surface area is 327 Å². The number of carbonyl (C=O) groups is 2. The lowest BCUT2D eigenvalue weighted by molar-refractivity contribution is -0.161. The topological polar surface area (TPSA) is 134 Å². The highest BCUT2D eigenvalue weighted by atomic mass is 31.2. The lowest BCUT2D eigenvalue weighted by Crippen LogP contribution is -2.29. The molecule has 54 heavy (non-hydrogen) atoms. The second-order valence-corrected chi connectivity index (χ2v) is 13.9. The highest BCUT2D eigenvalue weighted by Gasteiger charge is 2.25. The first-order chi connectivity index (χ1) is 26.3. The van der Waals surface area contributed by atoms with Gasteiger partial charge in [-0.15, -0.1) is 0 Å². The van der Waals surface area contributed by atoms with Crippen LogP contribution in [-0.4, -0.2) is 49.3 Å². The minimum absolute atomic E-state index is 0.0358. The van der Waals surface area contributed by atoms with Crippen LogP contribution in [0.15, 0.2) is 109 Å². The van der Waals surface area contributed by atoms with Gasteiger partial charge in [0.05, 0.1) is 13.2 Å². The van der Waals surface area contributed by atoms with Gasteiger partial charge in [-0.25, -0.2) is 4.57 Å². The number of hydrogen-bond acceptors (Lipinski definition) is 8. The third-order valence-corrected chi connectivity index (χ3v) is 8.48. The molecule has 0 aromatic rings. The number of rotatable bonds is 35. The molecule has 0 aromatic heterocycles. The van der Waals surface area contributed by atoms with Gasteiger partial charge in [-0.2, -0.15) is 0 Å². The van der Waals surface area contributed by atoms with Crippen molar-refractivity contribution in [1.29, 1.82) is 0 Å². The van der Waals surface area contributed by atoms with Gasteiger partial charge in [-0.1, -0.05) is 142 Å². The summed E-state index contributed by atoms with van der Waals surface area (Å²) in [7, 11) is -4.40. The van der Waals surface area contributed by atoms with Crippen LogP contribution in [-0.2, 0) is 32.7 Å². The maximum absolute atomic E-state index is 12.5. The molecule has 2 unspecified atom stereocenters. The first-order valence-electron chi connectivity index (χ1n) is 19.9. The largest absolute Gasteiger partial charge is 0.472 e. The Balaban J connectivity index is 4.31. The molecule has 0 fully saturated rings. The molecule has 0 spiro atoms. The van der Waals surface area contributed by atoms with Crippen molar-refractivity contribution in [3.63, 3.8) is 0 Å². The van der Waals surface area contributed by atoms with Gasteiger partial charge in [0.1, 0.15) is 6.61 Å². The maximum atomic E-state index is 12.5. The Kier molecular flexibility index (Phi) is 36.9. The summed E-state index contributed by atoms with van der Waals surface area (Å²) in [6.07, 6.45) is 51.2. The van der Waals surface area contributed by atoms with E-state index in [1.807, 2.05) is 36.5 Å². The van der Waals surface area contributed by atoms with Crippen LogP contribution in [0.4, 0.5) is 0 Å². The molecule has 10 heteroatoms. The fraction of sp³-hybridized carbons (Fsp3) is 0.545. The van der Waals surface area contributed by atoms with Gasteiger partial charge in [0.15, 0.2) is 6.10 Å². The summed E-state index contributed by atoms with van der Waals surface area (Å²) in [4.78, 5) is 34.8. The van der Waals surface area contributed by atoms with Crippen LogP contribution in [0.25, 0.3) is 0 Å². The zero-order valence-corrected chi connectivity index (χ0v) is 34.0. The Bertz CT molecular complexity index is 1240. The fourth-order valence-electron chi connectivity index (χ4n) is 4.61. The van der Waals surface area contributed by atoms with Crippen LogP contribution < -0.4 is 5.73 Å². The van der Waals surface area contributed by atoms with E-state index >= 15 is 0 Å². The molecule has 0 saturated carbocycles. The summed E-state index contributed by atoms with van der Waals surface area (Å²) >= 11 is 0. The molecule has 3 N–H and O–H groups in total. The van der Waals surface area contributed by atoms with Gasteiger partial charge in [0.2, 0.25) is 0 Å². The zero-order valence-electron chi connectivity index (χ0n) is 33.1. The first-order valence-corrected chi connectivity index (χ1v) is 21.4. The number of ether oxygens (including phenoxy) is 2. The molecule has 0 radical (unpaired) electrons. The molecule has 0 rings (SSSR count). The van der Waals surface area contributed by atoms with Crippen LogP contribution in [0.1, 0.15) is 123 Å². The van der Waals surface area contributed by atoms with Gasteiger partial charge in [-0.3, -0.25) is 18.6 Å². The van der Waals surface area contributed by atoms with Crippen molar-refractivity contribution in [2.75, 3.05) is 26.4 Å². The molecule has 304 valence electrons. The fourth-order valence-corrected chi connectivity index (χ4v) is 5.38. The Morgan fingerprint density at radius 2 is 1.06 bits per heavy atom. The van der Waals surface area contributed by atoms with E-state index in [0.717, 1.165) is 83.5 Å². The lowest BCUT2D eigenvalue weighted by atomic mass is 10.1. The standard InChI is InChI=1S/C44H70NO8P/c1-3-5-7-9-11-13-15-17-18-19-20-21-22-23-25-26-28-30-32-34-36-43(46)50-40-42(41-52-54(48,49)51-39-38-45)53-44(47)37-35-33-31-29-27-24-16-14-12-10-8-6-4-2/h5-8,10-14,16-18,20-21,23-25,27,42H,3-4,9,15,19,22,26,28-41,45H2,1-2H3,(H,48,49)/b7-5+,8-6+,12-10+,13-11+,16-14+,18-17+,21-20+,25-23+,27-24+. The summed E-state index contributed by atoms with van der Waals surface area (Å²) in [6, 6.07) is 0. The summed E-state index contributed by atoms with van der Waals surface area (Å²) in [5.41, 5.74) is 5.33. The van der Waals surface area contributed by atoms with Gasteiger partial charge in [0.25, 0.3) is 0 Å². The summed E-state index contributed by atoms with van der Waals surface area (Å²) in [5, 5.41) is 0. The van der Waals surface area contributed by atoms with Crippen LogP contribution in [0.5, 0.6) is 0 Å². The average molecular weight is 772 g/mol. The number of phosphoric ester groups is 1. The minimum atomic E-state index is -4.40. The van der Waals surface area contributed by atoms with Gasteiger partial charge < -0.3 is 20.1 Å². The summed E-state index contributed by atoms with van der Waals surface area (Å²) in [6.45, 7) is 3.35. The molecule has 0 bridgehead atoms. The molecule has 0 heterocycles. The Morgan fingerprint density at radius 3 is 1.65 bits per heavy atom. The molecule has 0 aromatic carbocycles. The van der Waals surface area contributed by atoms with Crippen molar-refractivity contribution in [2.24, 2.45) is 5.73 Å². The average Bonchev–Trinajstić information content (AvgIpc) is 3.16. The molecule has 0 saturated heterocycles. The van der Waals surface area contributed by atoms with Gasteiger partial charge in [0, 0.05) is 19.4 Å². The van der Waals surface area contributed by atoms with E-state index in [4.69, 9.17) is 24.3 Å². The van der Waals surface area contributed by atoms with Crippen molar-refractivity contribution in [2.45, 2.75) is 129 Å². The predicted molar refractivity (Wildman–Crippen MR) is 224 cm³/mol. The van der Waals surface area contributed by atoms with Gasteiger partial charge in [-0.05, 0) is 77.0 Å². The Morgan fingerprint density at radius 1 is 0.574 bits per heavy atom. The lowest BCUT2D eigenvalue weighted by Gasteiger charge is -2.19. The molecule has 0 aliphatic rings. The minimum Gasteiger partial charge on any atom is -0.462 e. The van der Waals surface area contributed by atoms with Gasteiger partial charge >= 0.3 is 19.8 Å². The number of allylic oxidation sites excluding steroid dienone is 18. The van der Waals surface area contributed by atoms with E-state index in [1.54, 1.807) is 0 Å². The number of unbranched alkanes of at least 4 members (excludes halogenated alkanes) is 7. The number of hydrogen-bond donors (Lipinski definition) is 2. The molecule has 0 aliphatic carbocycles. The van der Waals surface area contributed by atoms with Crippen molar-refractivity contribution in [3.8, 4) is 0 Å². The molecule has 0 aliphatic heterocycles. The van der Waals surface area contributed by atoms with E-state index in [9.17, 15) is 19.0 Å². The Hall–Kier alpha value is -3.33. The van der Waals surface area contributed by atoms with E-state index in [2.05, 4.69) is 86.8 Å². The van der Waals surface area contributed by atoms with Crippen LogP contribution >= 0.6 is 7.82 Å². The number of carbonyl (C=O) groups excluding carboxylic acids is 2. The quantitative estimate of drug-likeness (QED) is 0.0212. The van der Waals surface area contributed by atoms with Crippen LogP contribution in [0.2, 0.25) is 0 Å². The third kappa shape index (κ3) is 38.4. The van der Waals surface area contributed by atoms with Crippen molar-refractivity contribution < 1.29 is 37.6 Å². The molecular weight excluding hydrogens is 701 g/mol. The number of nitrogens with two attached hydrogens (primary N) is 1. The smallest absolute Gasteiger partial charge is 0.462 e. The van der Waals surface area contributed by atoms with E-state index in [-0.39, 0.29) is 32.6 Å². The van der Waals surface area contributed by atoms with Crippen LogP contribution in [0.3, 0.4) is 0 Å². The van der Waals surface area contributed by atoms with Crippen molar-refractivity contribution >= 4 is 19.8 Å². The molecule has 0 amide bonds. The van der Waals surface area contributed by atoms with Crippen LogP contribution in [0, 0.1) is 0 Å². The molecular formula is C44H70NO8P. The molecule has 9 nitrogen and oxygen atoms in total. The second kappa shape index (κ2) is 39.4. The third-order valence-electron chi connectivity index (χ3n) is 7.50. The summed E-state index contributed by atoms with van der Waals surface area (Å²) in [5.74, 6) is -0.919. The number of esters is 2. The zero-order chi connectivity index (χ0) is 39.6. The molecule has 2 atom stereocenters. The maximum Gasteiger partial charge on any atom is 0.472 e. The summed E-state index contributed by atoms with van der Waals surface area (Å²) < 4.78 is 32.6. The first kappa shape index (κ1) is 50.7. The highest BCUT2D eigenvalue weighted by molar-refractivity contribution is 7.47. The predicted octanol–water partition coefficient (Wildman–Crippen LogP) is 11.2. The number of phosphoric acid groups is 1. The monoisotopic (exact) mass is 771 g/mol. The van der Waals surface area contributed by atoms with Crippen molar-refractivity contribution in [1.82, 2.24) is 0 Å². The normalized spacial score (nSPS) is 14.5. The second-order valence-electron chi connectivity index (χ2n) is 12.5. The van der Waals surface area contributed by atoms with E-state index in [1.165, 1.54) is 0 Å².